The maximum Gasteiger partial charge on any atom is 0.248 e. The van der Waals surface area contributed by atoms with Crippen LogP contribution < -0.4 is 15.8 Å². The van der Waals surface area contributed by atoms with Gasteiger partial charge in [-0.25, -0.2) is 0 Å². The second-order valence-electron chi connectivity index (χ2n) is 6.28. The van der Waals surface area contributed by atoms with Crippen LogP contribution in [0.5, 0.6) is 5.88 Å². The summed E-state index contributed by atoms with van der Waals surface area (Å²) in [6.45, 7) is 5.09. The lowest BCUT2D eigenvalue weighted by Crippen LogP contribution is -2.15. The average Bonchev–Trinajstić information content (AvgIpc) is 3.30. The molecule has 3 N–H and O–H groups in total. The van der Waals surface area contributed by atoms with Crippen LogP contribution in [0.2, 0.25) is 0 Å². The molecule has 0 fully saturated rings. The van der Waals surface area contributed by atoms with Crippen LogP contribution in [0.4, 0.5) is 5.69 Å². The fourth-order valence-electron chi connectivity index (χ4n) is 2.68. The van der Waals surface area contributed by atoms with E-state index in [-0.39, 0.29) is 11.7 Å². The molecule has 3 rings (SSSR count). The van der Waals surface area contributed by atoms with Gasteiger partial charge in [0.25, 0.3) is 0 Å². The maximum absolute atomic E-state index is 12.3. The van der Waals surface area contributed by atoms with E-state index in [2.05, 4.69) is 20.6 Å². The van der Waals surface area contributed by atoms with Gasteiger partial charge in [-0.15, -0.1) is 15.3 Å². The van der Waals surface area contributed by atoms with E-state index in [4.69, 9.17) is 10.5 Å². The van der Waals surface area contributed by atoms with Crippen molar-refractivity contribution in [3.8, 4) is 17.3 Å². The van der Waals surface area contributed by atoms with Gasteiger partial charge in [-0.05, 0) is 38.1 Å². The molecule has 11 heteroatoms. The van der Waals surface area contributed by atoms with Crippen molar-refractivity contribution in [1.29, 1.82) is 0 Å². The molecular formula is C19H23N7O3S. The number of ether oxygens (including phenoxy) is 1. The number of thioether (sulfide) groups is 1. The van der Waals surface area contributed by atoms with Gasteiger partial charge in [-0.2, -0.15) is 0 Å². The SMILES string of the molecule is CCOc1nn(CC)cc1-c1nnc(SCC(=O)Nc2ccc(C(N)=O)cc2)n1C. The van der Waals surface area contributed by atoms with Crippen LogP contribution in [0.15, 0.2) is 35.6 Å². The number of aromatic nitrogens is 5. The Morgan fingerprint density at radius 2 is 1.93 bits per heavy atom. The first-order valence-corrected chi connectivity index (χ1v) is 10.3. The Kier molecular flexibility index (Phi) is 6.72. The van der Waals surface area contributed by atoms with Gasteiger partial charge >= 0.3 is 0 Å². The number of aryl methyl sites for hydroxylation is 1. The van der Waals surface area contributed by atoms with E-state index in [0.29, 0.717) is 41.3 Å². The molecule has 0 aliphatic carbocycles. The number of hydrogen-bond acceptors (Lipinski definition) is 7. The summed E-state index contributed by atoms with van der Waals surface area (Å²) in [5.74, 6) is 0.547. The molecule has 1 aromatic carbocycles. The summed E-state index contributed by atoms with van der Waals surface area (Å²) < 4.78 is 9.19. The van der Waals surface area contributed by atoms with Crippen molar-refractivity contribution in [3.05, 3.63) is 36.0 Å². The summed E-state index contributed by atoms with van der Waals surface area (Å²) in [5, 5.41) is 16.2. The fraction of sp³-hybridized carbons (Fsp3) is 0.316. The second-order valence-corrected chi connectivity index (χ2v) is 7.22. The number of amides is 2. The highest BCUT2D eigenvalue weighted by atomic mass is 32.2. The molecule has 0 aliphatic rings. The molecule has 3 aromatic rings. The zero-order valence-electron chi connectivity index (χ0n) is 17.0. The third kappa shape index (κ3) is 4.79. The number of nitrogens with zero attached hydrogens (tertiary/aromatic N) is 5. The standard InChI is InChI=1S/C19H23N7O3S/c1-4-26-10-14(18(24-26)29-5-2)17-22-23-19(25(17)3)30-11-15(27)21-13-8-6-12(7-9-13)16(20)28/h6-10H,4-5,11H2,1-3H3,(H2,20,28)(H,21,27). The number of hydrogen-bond donors (Lipinski definition) is 2. The third-order valence-electron chi connectivity index (χ3n) is 4.19. The van der Waals surface area contributed by atoms with Gasteiger partial charge < -0.3 is 20.4 Å². The van der Waals surface area contributed by atoms with E-state index in [1.807, 2.05) is 27.1 Å². The Morgan fingerprint density at radius 1 is 1.20 bits per heavy atom. The van der Waals surface area contributed by atoms with Crippen molar-refractivity contribution in [3.63, 3.8) is 0 Å². The Balaban J connectivity index is 1.66. The van der Waals surface area contributed by atoms with E-state index in [1.165, 1.54) is 11.8 Å². The highest BCUT2D eigenvalue weighted by Gasteiger charge is 2.19. The molecule has 0 saturated heterocycles. The van der Waals surface area contributed by atoms with Crippen LogP contribution in [0.1, 0.15) is 24.2 Å². The molecule has 0 radical (unpaired) electrons. The zero-order chi connectivity index (χ0) is 21.7. The molecule has 0 unspecified atom stereocenters. The van der Waals surface area contributed by atoms with Crippen molar-refractivity contribution in [2.24, 2.45) is 12.8 Å². The highest BCUT2D eigenvalue weighted by molar-refractivity contribution is 7.99. The Labute approximate surface area is 177 Å². The molecule has 2 aromatic heterocycles. The summed E-state index contributed by atoms with van der Waals surface area (Å²) in [6.07, 6.45) is 1.87. The van der Waals surface area contributed by atoms with E-state index >= 15 is 0 Å². The lowest BCUT2D eigenvalue weighted by atomic mass is 10.2. The minimum absolute atomic E-state index is 0.149. The predicted octanol–water partition coefficient (Wildman–Crippen LogP) is 1.93. The molecule has 0 saturated carbocycles. The van der Waals surface area contributed by atoms with Crippen molar-refractivity contribution in [2.45, 2.75) is 25.5 Å². The highest BCUT2D eigenvalue weighted by Crippen LogP contribution is 2.29. The first kappa shape index (κ1) is 21.4. The summed E-state index contributed by atoms with van der Waals surface area (Å²) in [4.78, 5) is 23.4. The number of nitrogens with two attached hydrogens (primary N) is 1. The van der Waals surface area contributed by atoms with E-state index in [9.17, 15) is 9.59 Å². The summed E-state index contributed by atoms with van der Waals surface area (Å²) in [5.41, 5.74) is 6.92. The number of anilines is 1. The number of nitrogens with one attached hydrogen (secondary N) is 1. The van der Waals surface area contributed by atoms with Crippen LogP contribution in [-0.2, 0) is 18.4 Å². The van der Waals surface area contributed by atoms with Gasteiger partial charge in [-0.1, -0.05) is 11.8 Å². The van der Waals surface area contributed by atoms with Crippen LogP contribution in [0, 0.1) is 0 Å². The summed E-state index contributed by atoms with van der Waals surface area (Å²) >= 11 is 1.26. The first-order chi connectivity index (χ1) is 14.4. The molecule has 0 atom stereocenters. The first-order valence-electron chi connectivity index (χ1n) is 9.35. The van der Waals surface area contributed by atoms with Crippen LogP contribution in [-0.4, -0.2) is 48.7 Å². The molecule has 30 heavy (non-hydrogen) atoms. The normalized spacial score (nSPS) is 10.8. The van der Waals surface area contributed by atoms with Gasteiger partial charge in [0.2, 0.25) is 17.7 Å². The molecule has 2 heterocycles. The number of carbonyl (C=O) groups is 2. The largest absolute Gasteiger partial charge is 0.476 e. The quantitative estimate of drug-likeness (QED) is 0.497. The lowest BCUT2D eigenvalue weighted by molar-refractivity contribution is -0.113. The molecule has 0 aliphatic heterocycles. The van der Waals surface area contributed by atoms with Crippen LogP contribution in [0.3, 0.4) is 0 Å². The Bertz CT molecular complexity index is 1040. The average molecular weight is 430 g/mol. The van der Waals surface area contributed by atoms with E-state index in [0.717, 1.165) is 5.56 Å². The van der Waals surface area contributed by atoms with E-state index < -0.39 is 5.91 Å². The second kappa shape index (κ2) is 9.44. The monoisotopic (exact) mass is 429 g/mol. The number of rotatable bonds is 9. The van der Waals surface area contributed by atoms with Gasteiger partial charge in [0, 0.05) is 31.0 Å². The molecule has 0 spiro atoms. The number of primary amides is 1. The minimum Gasteiger partial charge on any atom is -0.476 e. The number of carbonyl (C=O) groups excluding carboxylic acids is 2. The fourth-order valence-corrected chi connectivity index (χ4v) is 3.39. The minimum atomic E-state index is -0.515. The Hall–Kier alpha value is -3.34. The van der Waals surface area contributed by atoms with Gasteiger partial charge in [0.15, 0.2) is 11.0 Å². The summed E-state index contributed by atoms with van der Waals surface area (Å²) in [6, 6.07) is 6.38. The number of benzene rings is 1. The zero-order valence-corrected chi connectivity index (χ0v) is 17.8. The molecule has 0 bridgehead atoms. The van der Waals surface area contributed by atoms with Crippen molar-refractivity contribution < 1.29 is 14.3 Å². The molecule has 158 valence electrons. The van der Waals surface area contributed by atoms with E-state index in [1.54, 1.807) is 33.5 Å². The molecule has 10 nitrogen and oxygen atoms in total. The lowest BCUT2D eigenvalue weighted by Gasteiger charge is -2.06. The molecule has 2 amide bonds. The van der Waals surface area contributed by atoms with Crippen molar-refractivity contribution in [2.75, 3.05) is 17.7 Å². The maximum atomic E-state index is 12.3. The summed E-state index contributed by atoms with van der Waals surface area (Å²) in [7, 11) is 1.83. The van der Waals surface area contributed by atoms with Crippen LogP contribution >= 0.6 is 11.8 Å². The molecular weight excluding hydrogens is 406 g/mol. The Morgan fingerprint density at radius 3 is 2.57 bits per heavy atom. The van der Waals surface area contributed by atoms with Gasteiger partial charge in [-0.3, -0.25) is 14.3 Å². The van der Waals surface area contributed by atoms with Crippen molar-refractivity contribution in [1.82, 2.24) is 24.5 Å². The van der Waals surface area contributed by atoms with Gasteiger partial charge in [0.05, 0.1) is 12.4 Å². The third-order valence-corrected chi connectivity index (χ3v) is 5.21. The van der Waals surface area contributed by atoms with Gasteiger partial charge in [0.1, 0.15) is 5.56 Å². The smallest absolute Gasteiger partial charge is 0.248 e. The van der Waals surface area contributed by atoms with Crippen LogP contribution in [0.25, 0.3) is 11.4 Å². The topological polar surface area (TPSA) is 130 Å². The van der Waals surface area contributed by atoms with Crippen molar-refractivity contribution >= 4 is 29.3 Å². The predicted molar refractivity (Wildman–Crippen MR) is 113 cm³/mol.